The summed E-state index contributed by atoms with van der Waals surface area (Å²) in [5, 5.41) is 1.09. The molecule has 5 rings (SSSR count). The van der Waals surface area contributed by atoms with Crippen LogP contribution in [0.2, 0.25) is 0 Å². The molecule has 1 aliphatic heterocycles. The molecule has 0 saturated heterocycles. The average molecular weight is 396 g/mol. The molecular formula is C26H24N2O2. The highest BCUT2D eigenvalue weighted by Gasteiger charge is 2.26. The molecule has 0 bridgehead atoms. The van der Waals surface area contributed by atoms with Crippen molar-refractivity contribution >= 4 is 10.9 Å². The second-order valence-electron chi connectivity index (χ2n) is 7.68. The molecule has 0 N–H and O–H groups in total. The zero-order valence-corrected chi connectivity index (χ0v) is 17.0. The highest BCUT2D eigenvalue weighted by atomic mass is 16.5. The van der Waals surface area contributed by atoms with Crippen LogP contribution in [0.5, 0.6) is 11.6 Å². The maximum Gasteiger partial charge on any atom is 0.219 e. The summed E-state index contributed by atoms with van der Waals surface area (Å²) in [6, 6.07) is 29.2. The van der Waals surface area contributed by atoms with Crippen LogP contribution in [-0.4, -0.2) is 23.5 Å². The van der Waals surface area contributed by atoms with E-state index in [0.717, 1.165) is 47.4 Å². The van der Waals surface area contributed by atoms with E-state index in [2.05, 4.69) is 71.6 Å². The number of hydrogen-bond acceptors (Lipinski definition) is 4. The first-order chi connectivity index (χ1) is 14.8. The maximum absolute atomic E-state index is 6.50. The van der Waals surface area contributed by atoms with Crippen molar-refractivity contribution in [1.29, 1.82) is 0 Å². The van der Waals surface area contributed by atoms with Crippen LogP contribution >= 0.6 is 0 Å². The minimum Gasteiger partial charge on any atom is -0.497 e. The van der Waals surface area contributed by atoms with Gasteiger partial charge in [0.1, 0.15) is 11.9 Å². The molecule has 3 aromatic carbocycles. The second-order valence-corrected chi connectivity index (χ2v) is 7.68. The number of pyridine rings is 1. The van der Waals surface area contributed by atoms with Crippen molar-refractivity contribution in [3.05, 3.63) is 102 Å². The number of ether oxygens (including phenoxy) is 2. The zero-order valence-electron chi connectivity index (χ0n) is 17.0. The molecule has 0 unspecified atom stereocenters. The predicted octanol–water partition coefficient (Wildman–Crippen LogP) is 5.38. The van der Waals surface area contributed by atoms with E-state index in [1.807, 2.05) is 18.2 Å². The Balaban J connectivity index is 1.55. The summed E-state index contributed by atoms with van der Waals surface area (Å²) in [4.78, 5) is 7.31. The van der Waals surface area contributed by atoms with Gasteiger partial charge in [-0.1, -0.05) is 60.7 Å². The first-order valence-electron chi connectivity index (χ1n) is 10.2. The molecular weight excluding hydrogens is 372 g/mol. The highest BCUT2D eigenvalue weighted by Crippen LogP contribution is 2.33. The number of aromatic nitrogens is 1. The summed E-state index contributed by atoms with van der Waals surface area (Å²) in [6.45, 7) is 2.46. The van der Waals surface area contributed by atoms with Crippen molar-refractivity contribution in [2.24, 2.45) is 0 Å². The third kappa shape index (κ3) is 3.87. The lowest BCUT2D eigenvalue weighted by Gasteiger charge is -2.24. The Morgan fingerprint density at radius 2 is 1.73 bits per heavy atom. The fourth-order valence-electron chi connectivity index (χ4n) is 4.03. The summed E-state index contributed by atoms with van der Waals surface area (Å²) < 4.78 is 11.9. The van der Waals surface area contributed by atoms with Gasteiger partial charge in [0.05, 0.1) is 12.6 Å². The lowest BCUT2D eigenvalue weighted by Crippen LogP contribution is -2.27. The van der Waals surface area contributed by atoms with E-state index in [1.165, 1.54) is 5.56 Å². The molecule has 0 amide bonds. The zero-order chi connectivity index (χ0) is 20.3. The molecule has 4 nitrogen and oxygen atoms in total. The largest absolute Gasteiger partial charge is 0.497 e. The molecule has 0 spiro atoms. The molecule has 0 fully saturated rings. The second kappa shape index (κ2) is 8.17. The molecule has 0 radical (unpaired) electrons. The molecule has 1 atom stereocenters. The molecule has 1 aromatic heterocycles. The number of hydrogen-bond donors (Lipinski definition) is 0. The van der Waals surface area contributed by atoms with Crippen LogP contribution in [0.25, 0.3) is 10.9 Å². The van der Waals surface area contributed by atoms with Gasteiger partial charge in [-0.25, -0.2) is 4.98 Å². The Morgan fingerprint density at radius 1 is 0.967 bits per heavy atom. The van der Waals surface area contributed by atoms with Crippen molar-refractivity contribution in [3.8, 4) is 11.6 Å². The Hall–Kier alpha value is -3.37. The summed E-state index contributed by atoms with van der Waals surface area (Å²) in [5.74, 6) is 1.51. The van der Waals surface area contributed by atoms with Gasteiger partial charge in [-0.15, -0.1) is 0 Å². The lowest BCUT2D eigenvalue weighted by atomic mass is 10.1. The molecule has 4 aromatic rings. The van der Waals surface area contributed by atoms with E-state index in [0.29, 0.717) is 5.88 Å². The predicted molar refractivity (Wildman–Crippen MR) is 119 cm³/mol. The van der Waals surface area contributed by atoms with Crippen LogP contribution in [0.3, 0.4) is 0 Å². The number of rotatable bonds is 4. The number of nitrogens with zero attached hydrogens (tertiary/aromatic N) is 2. The van der Waals surface area contributed by atoms with Gasteiger partial charge >= 0.3 is 0 Å². The Kier molecular flexibility index (Phi) is 5.08. The molecule has 0 aliphatic carbocycles. The Morgan fingerprint density at radius 3 is 2.50 bits per heavy atom. The van der Waals surface area contributed by atoms with Gasteiger partial charge in [0, 0.05) is 36.7 Å². The third-order valence-corrected chi connectivity index (χ3v) is 5.56. The summed E-state index contributed by atoms with van der Waals surface area (Å²) >= 11 is 0. The number of benzene rings is 3. The van der Waals surface area contributed by atoms with Gasteiger partial charge in [-0.3, -0.25) is 4.90 Å². The lowest BCUT2D eigenvalue weighted by molar-refractivity contribution is 0.140. The molecule has 30 heavy (non-hydrogen) atoms. The van der Waals surface area contributed by atoms with Crippen LogP contribution in [0.4, 0.5) is 0 Å². The van der Waals surface area contributed by atoms with Crippen molar-refractivity contribution in [3.63, 3.8) is 0 Å². The van der Waals surface area contributed by atoms with Gasteiger partial charge in [-0.2, -0.15) is 0 Å². The van der Waals surface area contributed by atoms with Crippen LogP contribution in [0.15, 0.2) is 84.9 Å². The van der Waals surface area contributed by atoms with Crippen molar-refractivity contribution in [2.45, 2.75) is 19.2 Å². The van der Waals surface area contributed by atoms with Gasteiger partial charge in [-0.05, 0) is 29.3 Å². The number of methoxy groups -OCH3 is 1. The normalized spacial score (nSPS) is 16.5. The van der Waals surface area contributed by atoms with Gasteiger partial charge in [0.2, 0.25) is 5.88 Å². The Bertz CT molecular complexity index is 1150. The molecule has 4 heteroatoms. The van der Waals surface area contributed by atoms with E-state index in [9.17, 15) is 0 Å². The molecule has 2 heterocycles. The molecule has 1 aliphatic rings. The quantitative estimate of drug-likeness (QED) is 0.464. The minimum atomic E-state index is -0.0771. The molecule has 150 valence electrons. The summed E-state index contributed by atoms with van der Waals surface area (Å²) in [7, 11) is 1.67. The standard InChI is InChI=1S/C26H24N2O2/c1-29-23-13-12-21-14-22-17-28(16-19-8-4-2-5-9-19)18-25(20-10-6-3-7-11-20)30-26(22)27-24(21)15-23/h2-15,25H,16-18H2,1H3/t25-/m0/s1. The average Bonchev–Trinajstić information content (AvgIpc) is 2.97. The SMILES string of the molecule is COc1ccc2cc3c(nc2c1)O[C@H](c1ccccc1)CN(Cc1ccccc1)C3. The third-order valence-electron chi connectivity index (χ3n) is 5.56. The molecule has 0 saturated carbocycles. The van der Waals surface area contributed by atoms with Gasteiger partial charge in [0.25, 0.3) is 0 Å². The fourth-order valence-corrected chi connectivity index (χ4v) is 4.03. The topological polar surface area (TPSA) is 34.6 Å². The van der Waals surface area contributed by atoms with Crippen LogP contribution in [0.1, 0.15) is 22.8 Å². The van der Waals surface area contributed by atoms with E-state index in [1.54, 1.807) is 7.11 Å². The van der Waals surface area contributed by atoms with Crippen molar-refractivity contribution in [1.82, 2.24) is 9.88 Å². The van der Waals surface area contributed by atoms with E-state index >= 15 is 0 Å². The first-order valence-corrected chi connectivity index (χ1v) is 10.2. The van der Waals surface area contributed by atoms with Crippen LogP contribution < -0.4 is 9.47 Å². The Labute approximate surface area is 176 Å². The summed E-state index contributed by atoms with van der Waals surface area (Å²) in [6.07, 6.45) is -0.0771. The van der Waals surface area contributed by atoms with Crippen LogP contribution in [0, 0.1) is 0 Å². The minimum absolute atomic E-state index is 0.0771. The van der Waals surface area contributed by atoms with Crippen molar-refractivity contribution < 1.29 is 9.47 Å². The van der Waals surface area contributed by atoms with Crippen molar-refractivity contribution in [2.75, 3.05) is 13.7 Å². The monoisotopic (exact) mass is 396 g/mol. The smallest absolute Gasteiger partial charge is 0.219 e. The van der Waals surface area contributed by atoms with Crippen LogP contribution in [-0.2, 0) is 13.1 Å². The van der Waals surface area contributed by atoms with E-state index < -0.39 is 0 Å². The fraction of sp³-hybridized carbons (Fsp3) is 0.192. The highest BCUT2D eigenvalue weighted by molar-refractivity contribution is 5.81. The van der Waals surface area contributed by atoms with E-state index in [-0.39, 0.29) is 6.10 Å². The van der Waals surface area contributed by atoms with Gasteiger partial charge in [0.15, 0.2) is 0 Å². The van der Waals surface area contributed by atoms with E-state index in [4.69, 9.17) is 14.5 Å². The first kappa shape index (κ1) is 18.6. The van der Waals surface area contributed by atoms with Gasteiger partial charge < -0.3 is 9.47 Å². The summed E-state index contributed by atoms with van der Waals surface area (Å²) in [5.41, 5.74) is 4.46. The number of fused-ring (bicyclic) bond motifs is 2. The maximum atomic E-state index is 6.50.